The second-order valence-electron chi connectivity index (χ2n) is 3.80. The molecule has 2 aromatic rings. The van der Waals surface area contributed by atoms with Gasteiger partial charge in [0, 0.05) is 12.3 Å². The molecule has 2 rings (SSSR count). The van der Waals surface area contributed by atoms with Crippen LogP contribution in [-0.2, 0) is 6.18 Å². The first-order valence-electron chi connectivity index (χ1n) is 5.23. The van der Waals surface area contributed by atoms with Gasteiger partial charge in [-0.2, -0.15) is 13.2 Å². The number of nitrogens with zero attached hydrogens (tertiary/aromatic N) is 1. The maximum Gasteiger partial charge on any atom is 0.416 e. The Hall–Kier alpha value is -2.04. The van der Waals surface area contributed by atoms with Crippen LogP contribution in [0.25, 0.3) is 0 Å². The van der Waals surface area contributed by atoms with E-state index in [4.69, 9.17) is 4.74 Å². The van der Waals surface area contributed by atoms with Gasteiger partial charge in [-0.25, -0.2) is 4.98 Å². The van der Waals surface area contributed by atoms with E-state index in [0.717, 1.165) is 17.7 Å². The molecule has 0 saturated heterocycles. The Kier molecular flexibility index (Phi) is 3.23. The molecule has 5 heteroatoms. The molecule has 0 atom stereocenters. The summed E-state index contributed by atoms with van der Waals surface area (Å²) in [5, 5.41) is 0. The maximum absolute atomic E-state index is 12.3. The van der Waals surface area contributed by atoms with Gasteiger partial charge in [-0.1, -0.05) is 6.07 Å². The molecule has 0 amide bonds. The van der Waals surface area contributed by atoms with Crippen LogP contribution in [0.3, 0.4) is 0 Å². The minimum atomic E-state index is -4.33. The molecule has 0 saturated carbocycles. The van der Waals surface area contributed by atoms with Crippen molar-refractivity contribution in [2.45, 2.75) is 13.1 Å². The molecule has 1 heterocycles. The molecule has 1 aromatic carbocycles. The molecule has 0 N–H and O–H groups in total. The summed E-state index contributed by atoms with van der Waals surface area (Å²) in [5.74, 6) is 0.666. The van der Waals surface area contributed by atoms with E-state index in [2.05, 4.69) is 4.98 Å². The molecule has 0 aliphatic heterocycles. The number of ether oxygens (including phenoxy) is 1. The van der Waals surface area contributed by atoms with Crippen molar-refractivity contribution in [3.63, 3.8) is 0 Å². The Morgan fingerprint density at radius 2 is 1.67 bits per heavy atom. The third-order valence-electron chi connectivity index (χ3n) is 2.29. The van der Waals surface area contributed by atoms with Crippen molar-refractivity contribution >= 4 is 0 Å². The Labute approximate surface area is 102 Å². The van der Waals surface area contributed by atoms with Gasteiger partial charge in [0.2, 0.25) is 5.88 Å². The molecule has 0 bridgehead atoms. The van der Waals surface area contributed by atoms with Gasteiger partial charge < -0.3 is 4.74 Å². The first kappa shape index (κ1) is 12.4. The third kappa shape index (κ3) is 3.00. The number of hydrogen-bond acceptors (Lipinski definition) is 2. The van der Waals surface area contributed by atoms with E-state index >= 15 is 0 Å². The molecule has 0 unspecified atom stereocenters. The highest BCUT2D eigenvalue weighted by Gasteiger charge is 2.30. The van der Waals surface area contributed by atoms with Gasteiger partial charge in [0.1, 0.15) is 5.75 Å². The summed E-state index contributed by atoms with van der Waals surface area (Å²) in [7, 11) is 0. The van der Waals surface area contributed by atoms with Crippen molar-refractivity contribution in [3.8, 4) is 11.6 Å². The number of aryl methyl sites for hydroxylation is 1. The van der Waals surface area contributed by atoms with E-state index in [1.54, 1.807) is 12.3 Å². The van der Waals surface area contributed by atoms with Crippen LogP contribution in [0.15, 0.2) is 42.6 Å². The standard InChI is InChI=1S/C13H10F3NO/c1-9-2-7-12(17-8-9)18-11-5-3-10(4-6-11)13(14,15)16/h2-8H,1H3. The van der Waals surface area contributed by atoms with Crippen molar-refractivity contribution < 1.29 is 17.9 Å². The molecule has 0 aliphatic carbocycles. The van der Waals surface area contributed by atoms with E-state index in [0.29, 0.717) is 11.6 Å². The number of alkyl halides is 3. The lowest BCUT2D eigenvalue weighted by Gasteiger charge is -2.08. The number of aromatic nitrogens is 1. The van der Waals surface area contributed by atoms with Crippen molar-refractivity contribution in [2.75, 3.05) is 0 Å². The summed E-state index contributed by atoms with van der Waals surface area (Å²) in [4.78, 5) is 4.00. The fourth-order valence-electron chi connectivity index (χ4n) is 1.35. The van der Waals surface area contributed by atoms with Gasteiger partial charge in [0.05, 0.1) is 5.56 Å². The molecule has 0 aliphatic rings. The number of pyridine rings is 1. The lowest BCUT2D eigenvalue weighted by Crippen LogP contribution is -2.04. The van der Waals surface area contributed by atoms with Crippen molar-refractivity contribution in [2.24, 2.45) is 0 Å². The van der Waals surface area contributed by atoms with Crippen LogP contribution in [0.5, 0.6) is 11.6 Å². The molecule has 94 valence electrons. The van der Waals surface area contributed by atoms with Crippen LogP contribution in [0.1, 0.15) is 11.1 Å². The zero-order valence-corrected chi connectivity index (χ0v) is 9.53. The highest BCUT2D eigenvalue weighted by molar-refractivity contribution is 5.31. The van der Waals surface area contributed by atoms with Gasteiger partial charge in [-0.15, -0.1) is 0 Å². The van der Waals surface area contributed by atoms with Gasteiger partial charge in [-0.05, 0) is 36.8 Å². The first-order chi connectivity index (χ1) is 8.45. The SMILES string of the molecule is Cc1ccc(Oc2ccc(C(F)(F)F)cc2)nc1. The van der Waals surface area contributed by atoms with E-state index < -0.39 is 11.7 Å². The summed E-state index contributed by atoms with van der Waals surface area (Å²) >= 11 is 0. The van der Waals surface area contributed by atoms with Crippen LogP contribution in [0, 0.1) is 6.92 Å². The van der Waals surface area contributed by atoms with Crippen molar-refractivity contribution in [3.05, 3.63) is 53.7 Å². The average Bonchev–Trinajstić information content (AvgIpc) is 2.32. The van der Waals surface area contributed by atoms with Crippen LogP contribution < -0.4 is 4.74 Å². The predicted molar refractivity (Wildman–Crippen MR) is 60.5 cm³/mol. The summed E-state index contributed by atoms with van der Waals surface area (Å²) in [5.41, 5.74) is 0.279. The van der Waals surface area contributed by atoms with Gasteiger partial charge in [0.15, 0.2) is 0 Å². The van der Waals surface area contributed by atoms with E-state index in [9.17, 15) is 13.2 Å². The Bertz CT molecular complexity index is 517. The molecular weight excluding hydrogens is 243 g/mol. The van der Waals surface area contributed by atoms with Crippen LogP contribution in [-0.4, -0.2) is 4.98 Å². The second kappa shape index (κ2) is 4.68. The lowest BCUT2D eigenvalue weighted by molar-refractivity contribution is -0.137. The highest BCUT2D eigenvalue weighted by Crippen LogP contribution is 2.31. The quantitative estimate of drug-likeness (QED) is 0.800. The second-order valence-corrected chi connectivity index (χ2v) is 3.80. The highest BCUT2D eigenvalue weighted by atomic mass is 19.4. The monoisotopic (exact) mass is 253 g/mol. The first-order valence-corrected chi connectivity index (χ1v) is 5.23. The molecule has 1 aromatic heterocycles. The van der Waals surface area contributed by atoms with Crippen LogP contribution in [0.2, 0.25) is 0 Å². The van der Waals surface area contributed by atoms with Crippen molar-refractivity contribution in [1.29, 1.82) is 0 Å². The molecule has 0 fully saturated rings. The zero-order chi connectivity index (χ0) is 13.2. The smallest absolute Gasteiger partial charge is 0.416 e. The summed E-state index contributed by atoms with van der Waals surface area (Å²) < 4.78 is 42.3. The summed E-state index contributed by atoms with van der Waals surface area (Å²) in [6.07, 6.45) is -2.71. The Morgan fingerprint density at radius 1 is 1.00 bits per heavy atom. The predicted octanol–water partition coefficient (Wildman–Crippen LogP) is 4.20. The van der Waals surface area contributed by atoms with Crippen LogP contribution >= 0.6 is 0 Å². The molecule has 0 radical (unpaired) electrons. The van der Waals surface area contributed by atoms with Gasteiger partial charge >= 0.3 is 6.18 Å². The van der Waals surface area contributed by atoms with E-state index in [-0.39, 0.29) is 0 Å². The third-order valence-corrected chi connectivity index (χ3v) is 2.29. The van der Waals surface area contributed by atoms with Gasteiger partial charge in [0.25, 0.3) is 0 Å². The maximum atomic E-state index is 12.3. The summed E-state index contributed by atoms with van der Waals surface area (Å²) in [6, 6.07) is 7.96. The minimum absolute atomic E-state index is 0.319. The molecule has 18 heavy (non-hydrogen) atoms. The lowest BCUT2D eigenvalue weighted by atomic mass is 10.2. The molecular formula is C13H10F3NO. The fourth-order valence-corrected chi connectivity index (χ4v) is 1.35. The minimum Gasteiger partial charge on any atom is -0.439 e. The van der Waals surface area contributed by atoms with Gasteiger partial charge in [-0.3, -0.25) is 0 Å². The topological polar surface area (TPSA) is 22.1 Å². The zero-order valence-electron chi connectivity index (χ0n) is 9.53. The van der Waals surface area contributed by atoms with E-state index in [1.165, 1.54) is 12.1 Å². The number of halogens is 3. The normalized spacial score (nSPS) is 11.3. The van der Waals surface area contributed by atoms with Crippen molar-refractivity contribution in [1.82, 2.24) is 4.98 Å². The number of rotatable bonds is 2. The number of hydrogen-bond donors (Lipinski definition) is 0. The average molecular weight is 253 g/mol. The summed E-state index contributed by atoms with van der Waals surface area (Å²) in [6.45, 7) is 1.88. The van der Waals surface area contributed by atoms with Crippen LogP contribution in [0.4, 0.5) is 13.2 Å². The Morgan fingerprint density at radius 3 is 2.17 bits per heavy atom. The molecule has 2 nitrogen and oxygen atoms in total. The fraction of sp³-hybridized carbons (Fsp3) is 0.154. The largest absolute Gasteiger partial charge is 0.439 e. The van der Waals surface area contributed by atoms with E-state index in [1.807, 2.05) is 13.0 Å². The molecule has 0 spiro atoms. The number of benzene rings is 1. The Balaban J connectivity index is 2.13.